The number of aryl methyl sites for hydroxylation is 1. The van der Waals surface area contributed by atoms with E-state index in [1.165, 1.54) is 0 Å². The number of allylic oxidation sites excluding steroid dienone is 4. The average molecular weight is 546 g/mol. The van der Waals surface area contributed by atoms with Gasteiger partial charge in [0.05, 0.1) is 12.5 Å². The Bertz CT molecular complexity index is 1240. The molecular formula is C32H39N3O5. The van der Waals surface area contributed by atoms with Crippen LogP contribution < -0.4 is 9.47 Å². The Balaban J connectivity index is 1.65. The van der Waals surface area contributed by atoms with Gasteiger partial charge in [-0.25, -0.2) is 0 Å². The Morgan fingerprint density at radius 1 is 1.23 bits per heavy atom. The van der Waals surface area contributed by atoms with Crippen molar-refractivity contribution in [1.29, 1.82) is 0 Å². The number of hydrogen-bond donors (Lipinski definition) is 1. The van der Waals surface area contributed by atoms with Crippen LogP contribution in [0, 0.1) is 5.92 Å². The number of hydrogen-bond acceptors (Lipinski definition) is 6. The van der Waals surface area contributed by atoms with Crippen molar-refractivity contribution in [2.75, 3.05) is 26.4 Å². The fourth-order valence-corrected chi connectivity index (χ4v) is 5.68. The summed E-state index contributed by atoms with van der Waals surface area (Å²) in [6, 6.07) is 11.0. The number of rotatable bonds is 13. The summed E-state index contributed by atoms with van der Waals surface area (Å²) in [4.78, 5) is 35.0. The van der Waals surface area contributed by atoms with Gasteiger partial charge in [0.1, 0.15) is 0 Å². The molecule has 1 N–H and O–H groups in total. The third-order valence-corrected chi connectivity index (χ3v) is 7.59. The molecule has 0 spiro atoms. The topological polar surface area (TPSA) is 92.2 Å². The number of carbonyl (C=O) groups excluding carboxylic acids is 1. The van der Waals surface area contributed by atoms with Gasteiger partial charge in [-0.1, -0.05) is 44.2 Å². The van der Waals surface area contributed by atoms with Gasteiger partial charge in [-0.15, -0.1) is 0 Å². The van der Waals surface area contributed by atoms with E-state index in [0.29, 0.717) is 37.4 Å². The smallest absolute Gasteiger partial charge is 0.308 e. The number of carbonyl (C=O) groups is 2. The predicted octanol–water partition coefficient (Wildman–Crippen LogP) is 5.19. The lowest BCUT2D eigenvalue weighted by Crippen LogP contribution is -2.44. The van der Waals surface area contributed by atoms with Gasteiger partial charge in [0, 0.05) is 42.6 Å². The van der Waals surface area contributed by atoms with Crippen LogP contribution in [-0.2, 0) is 16.0 Å². The van der Waals surface area contributed by atoms with E-state index in [4.69, 9.17) is 9.47 Å². The molecule has 1 aromatic carbocycles. The van der Waals surface area contributed by atoms with Gasteiger partial charge >= 0.3 is 5.97 Å². The van der Waals surface area contributed by atoms with E-state index in [2.05, 4.69) is 23.4 Å². The van der Waals surface area contributed by atoms with Crippen molar-refractivity contribution in [1.82, 2.24) is 14.8 Å². The molecule has 40 heavy (non-hydrogen) atoms. The number of unbranched alkanes of at least 4 members (excludes halogenated alkanes) is 1. The van der Waals surface area contributed by atoms with Crippen LogP contribution in [0.2, 0.25) is 0 Å². The van der Waals surface area contributed by atoms with Gasteiger partial charge in [0.2, 0.25) is 12.7 Å². The van der Waals surface area contributed by atoms with Crippen LogP contribution in [0.5, 0.6) is 11.5 Å². The van der Waals surface area contributed by atoms with Gasteiger partial charge in [0.25, 0.3) is 0 Å². The second kappa shape index (κ2) is 13.9. The summed E-state index contributed by atoms with van der Waals surface area (Å²) in [5.41, 5.74) is 2.55. The molecule has 0 aliphatic carbocycles. The zero-order chi connectivity index (χ0) is 28.5. The van der Waals surface area contributed by atoms with Crippen molar-refractivity contribution in [3.63, 3.8) is 0 Å². The molecular weight excluding hydrogens is 506 g/mol. The van der Waals surface area contributed by atoms with E-state index in [0.717, 1.165) is 29.8 Å². The fourth-order valence-electron chi connectivity index (χ4n) is 5.68. The lowest BCUT2D eigenvalue weighted by molar-refractivity contribution is -0.143. The van der Waals surface area contributed by atoms with Crippen molar-refractivity contribution in [2.24, 2.45) is 5.92 Å². The number of likely N-dealkylation sites (tertiary alicyclic amines) is 1. The average Bonchev–Trinajstić information content (AvgIpc) is 3.57. The summed E-state index contributed by atoms with van der Waals surface area (Å²) in [7, 11) is 0. The molecule has 2 aromatic rings. The summed E-state index contributed by atoms with van der Waals surface area (Å²) in [5, 5.41) is 10.5. The second-order valence-electron chi connectivity index (χ2n) is 10.2. The van der Waals surface area contributed by atoms with E-state index in [9.17, 15) is 14.7 Å². The molecule has 1 aromatic heterocycles. The fraction of sp³-hybridized carbons (Fsp3) is 0.406. The monoisotopic (exact) mass is 545 g/mol. The maximum absolute atomic E-state index is 13.9. The van der Waals surface area contributed by atoms with E-state index in [1.807, 2.05) is 61.5 Å². The molecule has 0 bridgehead atoms. The first-order chi connectivity index (χ1) is 19.5. The lowest BCUT2D eigenvalue weighted by Gasteiger charge is -2.30. The highest BCUT2D eigenvalue weighted by Crippen LogP contribution is 2.43. The number of aromatic nitrogens is 1. The standard InChI is InChI=1S/C32H39N3O5/c1-4-7-18-35(25(10-5-2)11-6-3)30(36)21-34-20-26(23-13-16-28-29(19-23)40-22-39-28)31(32(37)38)27(34)15-14-24-12-8-9-17-33-24/h5-6,8-13,16-17,19,26-27,31H,2,4,7,14-15,18,20-22H2,1,3H3,(H,37,38)/b11-6-,25-10+/t26-,27+,31-/m1/s1. The number of carboxylic acid groups (broad SMARTS) is 1. The normalized spacial score (nSPS) is 20.6. The maximum atomic E-state index is 13.9. The largest absolute Gasteiger partial charge is 0.481 e. The molecule has 1 fully saturated rings. The number of aliphatic carboxylic acids is 1. The van der Waals surface area contributed by atoms with Crippen LogP contribution in [0.1, 0.15) is 50.3 Å². The third-order valence-electron chi connectivity index (χ3n) is 7.59. The molecule has 4 rings (SSSR count). The predicted molar refractivity (Wildman–Crippen MR) is 154 cm³/mol. The number of benzene rings is 1. The molecule has 8 nitrogen and oxygen atoms in total. The van der Waals surface area contributed by atoms with E-state index < -0.39 is 11.9 Å². The Morgan fingerprint density at radius 2 is 2.05 bits per heavy atom. The van der Waals surface area contributed by atoms with E-state index in [1.54, 1.807) is 17.2 Å². The summed E-state index contributed by atoms with van der Waals surface area (Å²) >= 11 is 0. The van der Waals surface area contributed by atoms with E-state index in [-0.39, 0.29) is 31.2 Å². The Morgan fingerprint density at radius 3 is 2.75 bits per heavy atom. The highest BCUT2D eigenvalue weighted by molar-refractivity contribution is 5.81. The van der Waals surface area contributed by atoms with Crippen molar-refractivity contribution in [3.8, 4) is 11.5 Å². The second-order valence-corrected chi connectivity index (χ2v) is 10.2. The molecule has 1 saturated heterocycles. The van der Waals surface area contributed by atoms with Crippen LogP contribution in [0.3, 0.4) is 0 Å². The van der Waals surface area contributed by atoms with Crippen LogP contribution in [0.4, 0.5) is 0 Å². The summed E-state index contributed by atoms with van der Waals surface area (Å²) in [6.45, 7) is 9.13. The van der Waals surface area contributed by atoms with Crippen molar-refractivity contribution in [3.05, 3.63) is 90.4 Å². The Kier molecular flexibility index (Phi) is 10.1. The highest BCUT2D eigenvalue weighted by Gasteiger charge is 2.47. The molecule has 0 radical (unpaired) electrons. The number of pyridine rings is 1. The molecule has 3 atom stereocenters. The first-order valence-corrected chi connectivity index (χ1v) is 14.0. The zero-order valence-electron chi connectivity index (χ0n) is 23.4. The third kappa shape index (κ3) is 6.80. The first kappa shape index (κ1) is 29.1. The molecule has 0 unspecified atom stereocenters. The maximum Gasteiger partial charge on any atom is 0.308 e. The quantitative estimate of drug-likeness (QED) is 0.347. The molecule has 2 aliphatic rings. The lowest BCUT2D eigenvalue weighted by atomic mass is 9.83. The number of fused-ring (bicyclic) bond motifs is 1. The van der Waals surface area contributed by atoms with Gasteiger partial charge in [-0.05, 0) is 68.2 Å². The van der Waals surface area contributed by atoms with Crippen LogP contribution >= 0.6 is 0 Å². The minimum atomic E-state index is -0.868. The van der Waals surface area contributed by atoms with E-state index >= 15 is 0 Å². The van der Waals surface area contributed by atoms with Crippen molar-refractivity contribution < 1.29 is 24.2 Å². The van der Waals surface area contributed by atoms with Gasteiger partial charge in [-0.3, -0.25) is 19.5 Å². The number of nitrogens with zero attached hydrogens (tertiary/aromatic N) is 3. The molecule has 8 heteroatoms. The molecule has 0 saturated carbocycles. The van der Waals surface area contributed by atoms with Crippen LogP contribution in [0.25, 0.3) is 0 Å². The number of ether oxygens (including phenoxy) is 2. The molecule has 2 aliphatic heterocycles. The minimum absolute atomic E-state index is 0.0574. The summed E-state index contributed by atoms with van der Waals surface area (Å²) in [5.74, 6) is -0.649. The number of amides is 1. The van der Waals surface area contributed by atoms with Crippen LogP contribution in [-0.4, -0.2) is 64.2 Å². The molecule has 1 amide bonds. The van der Waals surface area contributed by atoms with Gasteiger partial charge in [-0.2, -0.15) is 0 Å². The van der Waals surface area contributed by atoms with Crippen LogP contribution in [0.15, 0.2) is 79.2 Å². The Labute approximate surface area is 236 Å². The van der Waals surface area contributed by atoms with Gasteiger partial charge < -0.3 is 19.5 Å². The Hall–Kier alpha value is -3.91. The van der Waals surface area contributed by atoms with Gasteiger partial charge in [0.15, 0.2) is 11.5 Å². The van der Waals surface area contributed by atoms with Crippen molar-refractivity contribution in [2.45, 2.75) is 51.5 Å². The summed E-state index contributed by atoms with van der Waals surface area (Å²) < 4.78 is 11.1. The molecule has 212 valence electrons. The summed E-state index contributed by atoms with van der Waals surface area (Å²) in [6.07, 6.45) is 12.1. The zero-order valence-corrected chi connectivity index (χ0v) is 23.4. The number of carboxylic acids is 1. The SMILES string of the molecule is C=C/C=C(\C=C/C)N(CCCC)C(=O)CN1C[C@H](c2ccc3c(c2)OCO3)[C@@H](C(=O)O)[C@@H]1CCc1ccccn1. The minimum Gasteiger partial charge on any atom is -0.481 e. The highest BCUT2D eigenvalue weighted by atomic mass is 16.7. The molecule has 3 heterocycles. The van der Waals surface area contributed by atoms with Crippen molar-refractivity contribution >= 4 is 11.9 Å². The first-order valence-electron chi connectivity index (χ1n) is 14.0.